The second-order valence-electron chi connectivity index (χ2n) is 5.04. The molecule has 3 N–H and O–H groups in total. The van der Waals surface area contributed by atoms with Crippen molar-refractivity contribution in [1.29, 1.82) is 0 Å². The van der Waals surface area contributed by atoms with Crippen molar-refractivity contribution in [1.82, 2.24) is 20.4 Å². The highest BCUT2D eigenvalue weighted by Gasteiger charge is 2.20. The Morgan fingerprint density at radius 2 is 2.15 bits per heavy atom. The van der Waals surface area contributed by atoms with Crippen molar-refractivity contribution in [2.24, 2.45) is 5.92 Å². The first-order valence-corrected chi connectivity index (χ1v) is 6.73. The summed E-state index contributed by atoms with van der Waals surface area (Å²) in [4.78, 5) is 22.6. The van der Waals surface area contributed by atoms with Crippen LogP contribution in [0.5, 0.6) is 0 Å². The SMILES string of the molecule is CC(C)C[C@H](NC(=O)NCCCn1cccn1)C(=O)O. The van der Waals surface area contributed by atoms with E-state index in [1.165, 1.54) is 0 Å². The first kappa shape index (κ1) is 16.0. The van der Waals surface area contributed by atoms with Crippen LogP contribution in [0.15, 0.2) is 18.5 Å². The van der Waals surface area contributed by atoms with E-state index in [1.807, 2.05) is 26.1 Å². The van der Waals surface area contributed by atoms with Crippen LogP contribution < -0.4 is 10.6 Å². The molecule has 0 saturated carbocycles. The van der Waals surface area contributed by atoms with Gasteiger partial charge in [0.25, 0.3) is 0 Å². The molecule has 0 radical (unpaired) electrons. The van der Waals surface area contributed by atoms with Crippen molar-refractivity contribution in [2.75, 3.05) is 6.54 Å². The molecule has 112 valence electrons. The summed E-state index contributed by atoms with van der Waals surface area (Å²) in [7, 11) is 0. The van der Waals surface area contributed by atoms with Gasteiger partial charge in [-0.15, -0.1) is 0 Å². The summed E-state index contributed by atoms with van der Waals surface area (Å²) in [5, 5.41) is 18.2. The summed E-state index contributed by atoms with van der Waals surface area (Å²) in [6.07, 6.45) is 4.69. The predicted octanol–water partition coefficient (Wildman–Crippen LogP) is 1.07. The Labute approximate surface area is 118 Å². The van der Waals surface area contributed by atoms with Gasteiger partial charge < -0.3 is 15.7 Å². The highest BCUT2D eigenvalue weighted by Crippen LogP contribution is 2.04. The summed E-state index contributed by atoms with van der Waals surface area (Å²) in [5.74, 6) is -0.804. The molecule has 1 rings (SSSR count). The number of nitrogens with zero attached hydrogens (tertiary/aromatic N) is 2. The number of aliphatic carboxylic acids is 1. The number of rotatable bonds is 8. The molecule has 1 aromatic heterocycles. The number of urea groups is 1. The summed E-state index contributed by atoms with van der Waals surface area (Å²) in [6, 6.07) is 0.545. The Balaban J connectivity index is 2.22. The summed E-state index contributed by atoms with van der Waals surface area (Å²) in [6.45, 7) is 5.01. The molecule has 0 saturated heterocycles. The second-order valence-corrected chi connectivity index (χ2v) is 5.04. The maximum Gasteiger partial charge on any atom is 0.326 e. The monoisotopic (exact) mass is 282 g/mol. The van der Waals surface area contributed by atoms with Crippen LogP contribution in [0.1, 0.15) is 26.7 Å². The summed E-state index contributed by atoms with van der Waals surface area (Å²) >= 11 is 0. The van der Waals surface area contributed by atoms with Crippen LogP contribution in [0.2, 0.25) is 0 Å². The first-order valence-electron chi connectivity index (χ1n) is 6.73. The number of carboxylic acid groups (broad SMARTS) is 1. The fourth-order valence-electron chi connectivity index (χ4n) is 1.78. The quantitative estimate of drug-likeness (QED) is 0.621. The molecule has 0 spiro atoms. The summed E-state index contributed by atoms with van der Waals surface area (Å²) in [5.41, 5.74) is 0. The highest BCUT2D eigenvalue weighted by atomic mass is 16.4. The molecule has 0 fully saturated rings. The Bertz CT molecular complexity index is 417. The lowest BCUT2D eigenvalue weighted by Crippen LogP contribution is -2.46. The van der Waals surface area contributed by atoms with E-state index in [0.717, 1.165) is 6.42 Å². The van der Waals surface area contributed by atoms with Crippen molar-refractivity contribution < 1.29 is 14.7 Å². The predicted molar refractivity (Wildman–Crippen MR) is 74.3 cm³/mol. The standard InChI is InChI=1S/C13H22N4O3/c1-10(2)9-11(12(18)19)16-13(20)14-5-3-7-17-8-4-6-15-17/h4,6,8,10-11H,3,5,7,9H2,1-2H3,(H,18,19)(H2,14,16,20)/t11-/m0/s1. The number of hydrogen-bond acceptors (Lipinski definition) is 3. The third-order valence-corrected chi connectivity index (χ3v) is 2.72. The smallest absolute Gasteiger partial charge is 0.326 e. The molecule has 1 atom stereocenters. The van der Waals surface area contributed by atoms with E-state index >= 15 is 0 Å². The Kier molecular flexibility index (Phi) is 6.55. The van der Waals surface area contributed by atoms with E-state index in [4.69, 9.17) is 5.11 Å². The molecule has 0 aliphatic heterocycles. The minimum absolute atomic E-state index is 0.205. The van der Waals surface area contributed by atoms with Crippen LogP contribution in [0.3, 0.4) is 0 Å². The molecule has 7 nitrogen and oxygen atoms in total. The van der Waals surface area contributed by atoms with Crippen LogP contribution >= 0.6 is 0 Å². The molecule has 0 aliphatic rings. The lowest BCUT2D eigenvalue weighted by atomic mass is 10.0. The van der Waals surface area contributed by atoms with Gasteiger partial charge in [0, 0.05) is 25.5 Å². The highest BCUT2D eigenvalue weighted by molar-refractivity contribution is 5.82. The lowest BCUT2D eigenvalue weighted by molar-refractivity contribution is -0.139. The fourth-order valence-corrected chi connectivity index (χ4v) is 1.78. The van der Waals surface area contributed by atoms with Crippen molar-refractivity contribution in [3.05, 3.63) is 18.5 Å². The van der Waals surface area contributed by atoms with Crippen molar-refractivity contribution >= 4 is 12.0 Å². The van der Waals surface area contributed by atoms with E-state index in [2.05, 4.69) is 15.7 Å². The minimum Gasteiger partial charge on any atom is -0.480 e. The van der Waals surface area contributed by atoms with Crippen molar-refractivity contribution in [2.45, 2.75) is 39.3 Å². The molecule has 0 aliphatic carbocycles. The first-order chi connectivity index (χ1) is 9.49. The van der Waals surface area contributed by atoms with Gasteiger partial charge in [-0.05, 0) is 24.8 Å². The van der Waals surface area contributed by atoms with E-state index < -0.39 is 18.0 Å². The summed E-state index contributed by atoms with van der Waals surface area (Å²) < 4.78 is 1.78. The molecule has 0 bridgehead atoms. The van der Waals surface area contributed by atoms with Crippen LogP contribution in [0.4, 0.5) is 4.79 Å². The normalized spacial score (nSPS) is 12.2. The van der Waals surface area contributed by atoms with Gasteiger partial charge in [0.2, 0.25) is 0 Å². The molecule has 0 unspecified atom stereocenters. The number of carbonyl (C=O) groups excluding carboxylic acids is 1. The van der Waals surface area contributed by atoms with Gasteiger partial charge in [-0.3, -0.25) is 4.68 Å². The zero-order valence-corrected chi connectivity index (χ0v) is 11.9. The lowest BCUT2D eigenvalue weighted by Gasteiger charge is -2.16. The molecule has 20 heavy (non-hydrogen) atoms. The van der Waals surface area contributed by atoms with Gasteiger partial charge in [-0.2, -0.15) is 5.10 Å². The van der Waals surface area contributed by atoms with Crippen LogP contribution in [-0.4, -0.2) is 39.5 Å². The molecule has 1 heterocycles. The van der Waals surface area contributed by atoms with Crippen LogP contribution in [-0.2, 0) is 11.3 Å². The van der Waals surface area contributed by atoms with Gasteiger partial charge in [-0.1, -0.05) is 13.8 Å². The minimum atomic E-state index is -1.01. The second kappa shape index (κ2) is 8.19. The van der Waals surface area contributed by atoms with E-state index in [0.29, 0.717) is 19.5 Å². The number of nitrogens with one attached hydrogen (secondary N) is 2. The molecular weight excluding hydrogens is 260 g/mol. The van der Waals surface area contributed by atoms with Gasteiger partial charge in [-0.25, -0.2) is 9.59 Å². The third kappa shape index (κ3) is 6.21. The Morgan fingerprint density at radius 3 is 2.70 bits per heavy atom. The van der Waals surface area contributed by atoms with Gasteiger partial charge >= 0.3 is 12.0 Å². The molecule has 7 heteroatoms. The third-order valence-electron chi connectivity index (χ3n) is 2.72. The van der Waals surface area contributed by atoms with Gasteiger partial charge in [0.15, 0.2) is 0 Å². The number of carbonyl (C=O) groups is 2. The number of aromatic nitrogens is 2. The zero-order valence-electron chi connectivity index (χ0n) is 11.9. The molecular formula is C13H22N4O3. The number of hydrogen-bond donors (Lipinski definition) is 3. The maximum absolute atomic E-state index is 11.6. The van der Waals surface area contributed by atoms with Gasteiger partial charge in [0.1, 0.15) is 6.04 Å². The Morgan fingerprint density at radius 1 is 1.40 bits per heavy atom. The van der Waals surface area contributed by atoms with Crippen molar-refractivity contribution in [3.8, 4) is 0 Å². The average Bonchev–Trinajstić information content (AvgIpc) is 2.86. The Hall–Kier alpha value is -2.05. The molecule has 2 amide bonds. The van der Waals surface area contributed by atoms with Gasteiger partial charge in [0.05, 0.1) is 0 Å². The topological polar surface area (TPSA) is 96.3 Å². The van der Waals surface area contributed by atoms with E-state index in [-0.39, 0.29) is 5.92 Å². The van der Waals surface area contributed by atoms with Crippen molar-refractivity contribution in [3.63, 3.8) is 0 Å². The van der Waals surface area contributed by atoms with Crippen LogP contribution in [0, 0.1) is 5.92 Å². The number of carboxylic acids is 1. The van der Waals surface area contributed by atoms with E-state index in [1.54, 1.807) is 10.9 Å². The number of amides is 2. The zero-order chi connectivity index (χ0) is 15.0. The number of aryl methyl sites for hydroxylation is 1. The maximum atomic E-state index is 11.6. The average molecular weight is 282 g/mol. The molecule has 1 aromatic rings. The molecule has 0 aromatic carbocycles. The fraction of sp³-hybridized carbons (Fsp3) is 0.615. The largest absolute Gasteiger partial charge is 0.480 e. The van der Waals surface area contributed by atoms with E-state index in [9.17, 15) is 9.59 Å². The van der Waals surface area contributed by atoms with Crippen LogP contribution in [0.25, 0.3) is 0 Å².